The van der Waals surface area contributed by atoms with Gasteiger partial charge in [0.1, 0.15) is 0 Å². The zero-order chi connectivity index (χ0) is 12.6. The van der Waals surface area contributed by atoms with Crippen LogP contribution in [0.25, 0.3) is 0 Å². The van der Waals surface area contributed by atoms with Crippen molar-refractivity contribution in [2.45, 2.75) is 43.6 Å². The topological polar surface area (TPSA) is 36.4 Å². The highest BCUT2D eigenvalue weighted by molar-refractivity contribution is 5.31. The molecule has 2 atom stereocenters. The number of nitrogens with zero attached hydrogens (tertiary/aromatic N) is 2. The summed E-state index contributed by atoms with van der Waals surface area (Å²) < 4.78 is 0. The van der Waals surface area contributed by atoms with Gasteiger partial charge >= 0.3 is 0 Å². The zero-order valence-electron chi connectivity index (χ0n) is 11.1. The molecule has 2 aliphatic rings. The largest absolute Gasteiger partial charge is 0.389 e. The van der Waals surface area contributed by atoms with Gasteiger partial charge < -0.3 is 10.0 Å². The summed E-state index contributed by atoms with van der Waals surface area (Å²) in [5, 5.41) is 11.0. The van der Waals surface area contributed by atoms with Gasteiger partial charge in [-0.05, 0) is 57.3 Å². The first-order valence-corrected chi connectivity index (χ1v) is 7.04. The number of aromatic nitrogens is 1. The summed E-state index contributed by atoms with van der Waals surface area (Å²) in [6.07, 6.45) is 6.88. The van der Waals surface area contributed by atoms with Crippen molar-refractivity contribution in [2.75, 3.05) is 20.1 Å². The first-order chi connectivity index (χ1) is 8.69. The molecule has 1 fully saturated rings. The smallest absolute Gasteiger partial charge is 0.0744 e. The average molecular weight is 246 g/mol. The number of fused-ring (bicyclic) bond motifs is 1. The Morgan fingerprint density at radius 3 is 3.17 bits per heavy atom. The van der Waals surface area contributed by atoms with Crippen LogP contribution in [0.3, 0.4) is 0 Å². The fourth-order valence-corrected chi connectivity index (χ4v) is 3.56. The van der Waals surface area contributed by atoms with Crippen molar-refractivity contribution in [3.8, 4) is 0 Å². The van der Waals surface area contributed by atoms with E-state index in [1.165, 1.54) is 5.56 Å². The molecule has 0 saturated carbocycles. The summed E-state index contributed by atoms with van der Waals surface area (Å²) >= 11 is 0. The molecule has 3 nitrogen and oxygen atoms in total. The summed E-state index contributed by atoms with van der Waals surface area (Å²) in [6.45, 7) is 2.10. The maximum Gasteiger partial charge on any atom is 0.0744 e. The Balaban J connectivity index is 1.86. The third kappa shape index (κ3) is 2.06. The maximum atomic E-state index is 11.0. The van der Waals surface area contributed by atoms with Gasteiger partial charge in [0.25, 0.3) is 0 Å². The molecular weight excluding hydrogens is 224 g/mol. The van der Waals surface area contributed by atoms with Gasteiger partial charge in [-0.2, -0.15) is 0 Å². The van der Waals surface area contributed by atoms with Gasteiger partial charge in [-0.15, -0.1) is 0 Å². The van der Waals surface area contributed by atoms with Crippen molar-refractivity contribution in [3.63, 3.8) is 0 Å². The molecular formula is C15H22N2O. The van der Waals surface area contributed by atoms with Crippen LogP contribution in [0.2, 0.25) is 0 Å². The van der Waals surface area contributed by atoms with Crippen molar-refractivity contribution in [2.24, 2.45) is 0 Å². The molecule has 2 heterocycles. The van der Waals surface area contributed by atoms with E-state index in [4.69, 9.17) is 0 Å². The van der Waals surface area contributed by atoms with E-state index in [9.17, 15) is 5.11 Å². The summed E-state index contributed by atoms with van der Waals surface area (Å²) in [5.74, 6) is 0.250. The lowest BCUT2D eigenvalue weighted by Crippen LogP contribution is -2.36. The Bertz CT molecular complexity index is 434. The normalized spacial score (nSPS) is 33.1. The first-order valence-electron chi connectivity index (χ1n) is 7.04. The van der Waals surface area contributed by atoms with Crippen molar-refractivity contribution in [1.82, 2.24) is 9.88 Å². The Kier molecular flexibility index (Phi) is 3.12. The quantitative estimate of drug-likeness (QED) is 0.823. The minimum atomic E-state index is -0.537. The highest BCUT2D eigenvalue weighted by atomic mass is 16.3. The van der Waals surface area contributed by atoms with E-state index in [1.54, 1.807) is 0 Å². The van der Waals surface area contributed by atoms with Crippen LogP contribution in [-0.2, 0) is 6.42 Å². The minimum Gasteiger partial charge on any atom is -0.389 e. The summed E-state index contributed by atoms with van der Waals surface area (Å²) in [7, 11) is 2.15. The lowest BCUT2D eigenvalue weighted by Gasteiger charge is -2.33. The highest BCUT2D eigenvalue weighted by Gasteiger charge is 2.42. The number of pyridine rings is 1. The number of rotatable bonds is 1. The molecule has 0 radical (unpaired) electrons. The molecule has 3 rings (SSSR count). The molecule has 18 heavy (non-hydrogen) atoms. The van der Waals surface area contributed by atoms with Crippen LogP contribution in [0.5, 0.6) is 0 Å². The third-order valence-corrected chi connectivity index (χ3v) is 4.68. The predicted octanol–water partition coefficient (Wildman–Crippen LogP) is 1.96. The zero-order valence-corrected chi connectivity index (χ0v) is 11.1. The molecule has 0 aromatic carbocycles. The number of hydrogen-bond acceptors (Lipinski definition) is 3. The Hall–Kier alpha value is -0.930. The molecule has 3 heteroatoms. The van der Waals surface area contributed by atoms with Crippen LogP contribution in [0.15, 0.2) is 18.3 Å². The average Bonchev–Trinajstić information content (AvgIpc) is 2.73. The molecule has 1 aliphatic carbocycles. The van der Waals surface area contributed by atoms with E-state index in [-0.39, 0.29) is 5.92 Å². The summed E-state index contributed by atoms with van der Waals surface area (Å²) in [4.78, 5) is 6.86. The third-order valence-electron chi connectivity index (χ3n) is 4.68. The van der Waals surface area contributed by atoms with Crippen molar-refractivity contribution >= 4 is 0 Å². The number of likely N-dealkylation sites (tertiary alicyclic amines) is 1. The van der Waals surface area contributed by atoms with Gasteiger partial charge in [0.15, 0.2) is 0 Å². The lowest BCUT2D eigenvalue weighted by molar-refractivity contribution is -0.00235. The fourth-order valence-electron chi connectivity index (χ4n) is 3.56. The monoisotopic (exact) mass is 246 g/mol. The van der Waals surface area contributed by atoms with E-state index in [0.29, 0.717) is 0 Å². The van der Waals surface area contributed by atoms with Crippen LogP contribution < -0.4 is 0 Å². The van der Waals surface area contributed by atoms with Crippen molar-refractivity contribution in [3.05, 3.63) is 29.6 Å². The SMILES string of the molecule is CN1CCCC(O)(C2CCc3cccnc32)CC1. The molecule has 2 unspecified atom stereocenters. The van der Waals surface area contributed by atoms with E-state index < -0.39 is 5.60 Å². The van der Waals surface area contributed by atoms with E-state index in [2.05, 4.69) is 23.0 Å². The molecule has 1 aromatic rings. The van der Waals surface area contributed by atoms with Gasteiger partial charge in [0.05, 0.1) is 5.60 Å². The molecule has 0 amide bonds. The predicted molar refractivity (Wildman–Crippen MR) is 71.6 cm³/mol. The molecule has 1 saturated heterocycles. The van der Waals surface area contributed by atoms with Gasteiger partial charge in [-0.1, -0.05) is 6.07 Å². The second-order valence-electron chi connectivity index (χ2n) is 5.90. The van der Waals surface area contributed by atoms with Gasteiger partial charge in [-0.25, -0.2) is 0 Å². The van der Waals surface area contributed by atoms with E-state index in [0.717, 1.165) is 50.9 Å². The minimum absolute atomic E-state index is 0.250. The summed E-state index contributed by atoms with van der Waals surface area (Å²) in [5.41, 5.74) is 1.96. The van der Waals surface area contributed by atoms with Crippen molar-refractivity contribution in [1.29, 1.82) is 0 Å². The van der Waals surface area contributed by atoms with E-state index in [1.807, 2.05) is 12.3 Å². The molecule has 0 spiro atoms. The first kappa shape index (κ1) is 12.1. The Labute approximate surface area is 109 Å². The standard InChI is InChI=1S/C15H22N2O/c1-17-10-3-7-15(18,8-11-17)13-6-5-12-4-2-9-16-14(12)13/h2,4,9,13,18H,3,5-8,10-11H2,1H3. The van der Waals surface area contributed by atoms with Crippen LogP contribution in [0.1, 0.15) is 42.9 Å². The van der Waals surface area contributed by atoms with Crippen LogP contribution >= 0.6 is 0 Å². The van der Waals surface area contributed by atoms with Crippen LogP contribution in [-0.4, -0.2) is 40.7 Å². The van der Waals surface area contributed by atoms with Crippen LogP contribution in [0.4, 0.5) is 0 Å². The molecule has 0 bridgehead atoms. The highest BCUT2D eigenvalue weighted by Crippen LogP contribution is 2.43. The number of aliphatic hydroxyl groups is 1. The molecule has 98 valence electrons. The number of aryl methyl sites for hydroxylation is 1. The lowest BCUT2D eigenvalue weighted by atomic mass is 9.80. The van der Waals surface area contributed by atoms with Crippen LogP contribution in [0, 0.1) is 0 Å². The van der Waals surface area contributed by atoms with Gasteiger partial charge in [0, 0.05) is 24.4 Å². The van der Waals surface area contributed by atoms with Gasteiger partial charge in [0.2, 0.25) is 0 Å². The molecule has 1 N–H and O–H groups in total. The molecule has 1 aromatic heterocycles. The Morgan fingerprint density at radius 1 is 1.39 bits per heavy atom. The molecule has 1 aliphatic heterocycles. The second kappa shape index (κ2) is 4.63. The van der Waals surface area contributed by atoms with Crippen molar-refractivity contribution < 1.29 is 5.11 Å². The maximum absolute atomic E-state index is 11.0. The van der Waals surface area contributed by atoms with E-state index >= 15 is 0 Å². The number of hydrogen-bond donors (Lipinski definition) is 1. The second-order valence-corrected chi connectivity index (χ2v) is 5.90. The fraction of sp³-hybridized carbons (Fsp3) is 0.667. The Morgan fingerprint density at radius 2 is 2.28 bits per heavy atom. The summed E-state index contributed by atoms with van der Waals surface area (Å²) in [6, 6.07) is 4.17. The van der Waals surface area contributed by atoms with Gasteiger partial charge in [-0.3, -0.25) is 4.98 Å².